The number of amides is 2. The molecule has 8 nitrogen and oxygen atoms in total. The number of tetrazole rings is 1. The lowest BCUT2D eigenvalue weighted by Crippen LogP contribution is -2.40. The number of carbonyl (C=O) groups is 2. The van der Waals surface area contributed by atoms with Gasteiger partial charge < -0.3 is 10.6 Å². The zero-order chi connectivity index (χ0) is 15.9. The molecular formula is C14H18N6O2. The Hall–Kier alpha value is -2.77. The smallest absolute Gasteiger partial charge is 0.244 e. The molecule has 0 saturated carbocycles. The van der Waals surface area contributed by atoms with E-state index in [4.69, 9.17) is 0 Å². The molecule has 8 heteroatoms. The second kappa shape index (κ2) is 7.30. The van der Waals surface area contributed by atoms with Gasteiger partial charge in [0, 0.05) is 11.6 Å². The summed E-state index contributed by atoms with van der Waals surface area (Å²) in [6, 6.07) is 9.39. The minimum absolute atomic E-state index is 0.0369. The van der Waals surface area contributed by atoms with Crippen LogP contribution >= 0.6 is 0 Å². The number of aromatic nitrogens is 4. The molecule has 1 aromatic carbocycles. The van der Waals surface area contributed by atoms with E-state index in [1.807, 2.05) is 44.2 Å². The van der Waals surface area contributed by atoms with Gasteiger partial charge in [-0.05, 0) is 19.1 Å². The fraction of sp³-hybridized carbons (Fsp3) is 0.357. The van der Waals surface area contributed by atoms with Crippen molar-refractivity contribution in [1.82, 2.24) is 30.8 Å². The first kappa shape index (κ1) is 15.6. The summed E-state index contributed by atoms with van der Waals surface area (Å²) in [6.45, 7) is 3.54. The molecule has 2 aromatic rings. The van der Waals surface area contributed by atoms with E-state index in [1.165, 1.54) is 4.80 Å². The molecule has 0 fully saturated rings. The summed E-state index contributed by atoms with van der Waals surface area (Å²) in [5.74, 6) is -0.137. The second-order valence-corrected chi connectivity index (χ2v) is 5.01. The summed E-state index contributed by atoms with van der Waals surface area (Å²) in [4.78, 5) is 24.3. The molecular weight excluding hydrogens is 284 g/mol. The largest absolute Gasteiger partial charge is 0.352 e. The third kappa shape index (κ3) is 4.65. The molecule has 22 heavy (non-hydrogen) atoms. The molecule has 2 rings (SSSR count). The van der Waals surface area contributed by atoms with Gasteiger partial charge in [0.1, 0.15) is 6.54 Å². The van der Waals surface area contributed by atoms with Crippen molar-refractivity contribution >= 4 is 11.8 Å². The predicted octanol–water partition coefficient (Wildman–Crippen LogP) is -0.0191. The number of hydrogen-bond donors (Lipinski definition) is 2. The lowest BCUT2D eigenvalue weighted by Gasteiger charge is -2.08. The minimum atomic E-state index is -0.351. The maximum absolute atomic E-state index is 11.7. The average molecular weight is 302 g/mol. The molecule has 116 valence electrons. The number of nitrogens with zero attached hydrogens (tertiary/aromatic N) is 4. The first-order chi connectivity index (χ1) is 10.5. The van der Waals surface area contributed by atoms with Crippen LogP contribution in [0.25, 0.3) is 11.4 Å². The monoisotopic (exact) mass is 302 g/mol. The van der Waals surface area contributed by atoms with Crippen molar-refractivity contribution in [3.63, 3.8) is 0 Å². The zero-order valence-electron chi connectivity index (χ0n) is 12.5. The highest BCUT2D eigenvalue weighted by molar-refractivity contribution is 5.84. The van der Waals surface area contributed by atoms with Crippen LogP contribution in [0.15, 0.2) is 30.3 Å². The lowest BCUT2D eigenvalue weighted by molar-refractivity contribution is -0.126. The second-order valence-electron chi connectivity index (χ2n) is 5.01. The van der Waals surface area contributed by atoms with Gasteiger partial charge in [-0.1, -0.05) is 30.3 Å². The van der Waals surface area contributed by atoms with Crippen LogP contribution < -0.4 is 10.6 Å². The summed E-state index contributed by atoms with van der Waals surface area (Å²) in [5.41, 5.74) is 0.825. The Labute approximate surface area is 127 Å². The fourth-order valence-corrected chi connectivity index (χ4v) is 1.75. The molecule has 0 aliphatic carbocycles. The number of carbonyl (C=O) groups excluding carboxylic acids is 2. The van der Waals surface area contributed by atoms with E-state index < -0.39 is 0 Å². The van der Waals surface area contributed by atoms with Crippen LogP contribution in [0.2, 0.25) is 0 Å². The van der Waals surface area contributed by atoms with Gasteiger partial charge in [-0.15, -0.1) is 10.2 Å². The van der Waals surface area contributed by atoms with Crippen molar-refractivity contribution in [2.75, 3.05) is 6.54 Å². The molecule has 0 aliphatic rings. The first-order valence-corrected chi connectivity index (χ1v) is 6.94. The van der Waals surface area contributed by atoms with Gasteiger partial charge in [-0.25, -0.2) is 0 Å². The summed E-state index contributed by atoms with van der Waals surface area (Å²) < 4.78 is 0. The standard InChI is InChI=1S/C14H18N6O2/c1-10(2)16-12(21)8-15-13(22)9-20-18-14(17-19-20)11-6-4-3-5-7-11/h3-7,10H,8-9H2,1-2H3,(H,15,22)(H,16,21). The van der Waals surface area contributed by atoms with Gasteiger partial charge in [-0.2, -0.15) is 4.80 Å². The molecule has 0 spiro atoms. The molecule has 0 atom stereocenters. The van der Waals surface area contributed by atoms with Crippen molar-refractivity contribution in [2.45, 2.75) is 26.4 Å². The summed E-state index contributed by atoms with van der Waals surface area (Å²) in [6.07, 6.45) is 0. The van der Waals surface area contributed by atoms with Gasteiger partial charge in [0.25, 0.3) is 0 Å². The van der Waals surface area contributed by atoms with E-state index in [9.17, 15) is 9.59 Å². The topological polar surface area (TPSA) is 102 Å². The van der Waals surface area contributed by atoms with E-state index >= 15 is 0 Å². The van der Waals surface area contributed by atoms with Crippen molar-refractivity contribution in [3.8, 4) is 11.4 Å². The zero-order valence-corrected chi connectivity index (χ0v) is 12.5. The van der Waals surface area contributed by atoms with E-state index in [0.29, 0.717) is 5.82 Å². The SMILES string of the molecule is CC(C)NC(=O)CNC(=O)Cn1nnc(-c2ccccc2)n1. The van der Waals surface area contributed by atoms with E-state index in [2.05, 4.69) is 26.0 Å². The Kier molecular flexibility index (Phi) is 5.18. The summed E-state index contributed by atoms with van der Waals surface area (Å²) in [7, 11) is 0. The fourth-order valence-electron chi connectivity index (χ4n) is 1.75. The van der Waals surface area contributed by atoms with Crippen molar-refractivity contribution in [2.24, 2.45) is 0 Å². The van der Waals surface area contributed by atoms with E-state index in [-0.39, 0.29) is 30.9 Å². The van der Waals surface area contributed by atoms with Crippen molar-refractivity contribution < 1.29 is 9.59 Å². The van der Waals surface area contributed by atoms with Crippen LogP contribution in [0.4, 0.5) is 0 Å². The van der Waals surface area contributed by atoms with Gasteiger partial charge in [0.15, 0.2) is 0 Å². The molecule has 1 heterocycles. The van der Waals surface area contributed by atoms with Crippen LogP contribution in [-0.2, 0) is 16.1 Å². The summed E-state index contributed by atoms with van der Waals surface area (Å²) in [5, 5.41) is 17.0. The predicted molar refractivity (Wildman–Crippen MR) is 79.5 cm³/mol. The molecule has 2 amide bonds. The van der Waals surface area contributed by atoms with Crippen LogP contribution in [0.5, 0.6) is 0 Å². The highest BCUT2D eigenvalue weighted by Gasteiger charge is 2.10. The quantitative estimate of drug-likeness (QED) is 0.781. The number of rotatable bonds is 6. The molecule has 2 N–H and O–H groups in total. The van der Waals surface area contributed by atoms with Crippen LogP contribution in [-0.4, -0.2) is 44.6 Å². The van der Waals surface area contributed by atoms with Gasteiger partial charge in [0.2, 0.25) is 17.6 Å². The van der Waals surface area contributed by atoms with Gasteiger partial charge in [-0.3, -0.25) is 9.59 Å². The third-order valence-corrected chi connectivity index (χ3v) is 2.67. The Morgan fingerprint density at radius 2 is 1.91 bits per heavy atom. The number of nitrogens with one attached hydrogen (secondary N) is 2. The minimum Gasteiger partial charge on any atom is -0.352 e. The number of hydrogen-bond acceptors (Lipinski definition) is 5. The maximum atomic E-state index is 11.7. The maximum Gasteiger partial charge on any atom is 0.244 e. The van der Waals surface area contributed by atoms with Crippen molar-refractivity contribution in [3.05, 3.63) is 30.3 Å². The lowest BCUT2D eigenvalue weighted by atomic mass is 10.2. The van der Waals surface area contributed by atoms with Crippen LogP contribution in [0, 0.1) is 0 Å². The Balaban J connectivity index is 1.85. The van der Waals surface area contributed by atoms with Crippen LogP contribution in [0.1, 0.15) is 13.8 Å². The number of benzene rings is 1. The summed E-state index contributed by atoms with van der Waals surface area (Å²) >= 11 is 0. The van der Waals surface area contributed by atoms with Gasteiger partial charge in [0.05, 0.1) is 6.54 Å². The van der Waals surface area contributed by atoms with Crippen molar-refractivity contribution in [1.29, 1.82) is 0 Å². The normalized spacial score (nSPS) is 10.5. The molecule has 0 saturated heterocycles. The first-order valence-electron chi connectivity index (χ1n) is 6.94. The Morgan fingerprint density at radius 1 is 1.18 bits per heavy atom. The molecule has 0 bridgehead atoms. The van der Waals surface area contributed by atoms with Crippen LogP contribution in [0.3, 0.4) is 0 Å². The van der Waals surface area contributed by atoms with E-state index in [1.54, 1.807) is 0 Å². The van der Waals surface area contributed by atoms with E-state index in [0.717, 1.165) is 5.56 Å². The van der Waals surface area contributed by atoms with Gasteiger partial charge >= 0.3 is 0 Å². The Bertz CT molecular complexity index is 638. The molecule has 1 aromatic heterocycles. The highest BCUT2D eigenvalue weighted by Crippen LogP contribution is 2.11. The molecule has 0 radical (unpaired) electrons. The highest BCUT2D eigenvalue weighted by atomic mass is 16.2. The Morgan fingerprint density at radius 3 is 2.59 bits per heavy atom. The molecule has 0 aliphatic heterocycles. The third-order valence-electron chi connectivity index (χ3n) is 2.67. The molecule has 0 unspecified atom stereocenters. The average Bonchev–Trinajstić information content (AvgIpc) is 2.94.